The Morgan fingerprint density at radius 3 is 2.35 bits per heavy atom. The first kappa shape index (κ1) is 27.8. The summed E-state index contributed by atoms with van der Waals surface area (Å²) >= 11 is 1.55. The van der Waals surface area contributed by atoms with Crippen molar-refractivity contribution >= 4 is 34.5 Å². The molecule has 5 rings (SSSR count). The average Bonchev–Trinajstić information content (AvgIpc) is 3.59. The molecule has 1 heterocycles. The Morgan fingerprint density at radius 1 is 1.00 bits per heavy atom. The van der Waals surface area contributed by atoms with Crippen LogP contribution in [0.25, 0.3) is 22.1 Å². The first-order valence-electron chi connectivity index (χ1n) is 12.9. The van der Waals surface area contributed by atoms with Gasteiger partial charge in [-0.3, -0.25) is 9.59 Å². The van der Waals surface area contributed by atoms with Gasteiger partial charge in [0.1, 0.15) is 22.6 Å². The van der Waals surface area contributed by atoms with Crippen LogP contribution in [0.15, 0.2) is 46.9 Å². The molecule has 0 atom stereocenters. The fourth-order valence-electron chi connectivity index (χ4n) is 4.87. The van der Waals surface area contributed by atoms with Crippen molar-refractivity contribution in [3.63, 3.8) is 0 Å². The van der Waals surface area contributed by atoms with Crippen LogP contribution < -0.4 is 20.1 Å². The van der Waals surface area contributed by atoms with E-state index in [-0.39, 0.29) is 18.6 Å². The van der Waals surface area contributed by atoms with Crippen LogP contribution in [-0.2, 0) is 4.79 Å². The smallest absolute Gasteiger partial charge is 0.287 e. The number of carbonyl (C=O) groups is 2. The number of ether oxygens (including phenoxy) is 2. The van der Waals surface area contributed by atoms with Gasteiger partial charge in [-0.05, 0) is 67.3 Å². The van der Waals surface area contributed by atoms with Crippen molar-refractivity contribution in [2.24, 2.45) is 0 Å². The summed E-state index contributed by atoms with van der Waals surface area (Å²) in [6, 6.07) is 14.7. The van der Waals surface area contributed by atoms with Gasteiger partial charge in [0.25, 0.3) is 5.91 Å². The van der Waals surface area contributed by atoms with Crippen molar-refractivity contribution in [2.75, 3.05) is 19.3 Å². The second-order valence-corrected chi connectivity index (χ2v) is 11.1. The molecule has 0 aliphatic heterocycles. The second kappa shape index (κ2) is 10.7. The molecule has 2 aliphatic rings. The molecule has 2 amide bonds. The number of nitrogens with zero attached hydrogens (tertiary/aromatic N) is 1. The van der Waals surface area contributed by atoms with Gasteiger partial charge in [0.15, 0.2) is 17.3 Å². The quantitative estimate of drug-likeness (QED) is 0.320. The molecule has 2 saturated carbocycles. The second-order valence-electron chi connectivity index (χ2n) is 10.3. The van der Waals surface area contributed by atoms with Crippen LogP contribution in [0.2, 0.25) is 0 Å². The van der Waals surface area contributed by atoms with E-state index in [0.29, 0.717) is 41.2 Å². The van der Waals surface area contributed by atoms with Crippen LogP contribution in [0.3, 0.4) is 0 Å². The van der Waals surface area contributed by atoms with Gasteiger partial charge in [0, 0.05) is 18.2 Å². The Hall–Kier alpha value is -3.78. The monoisotopic (exact) mass is 569 g/mol. The molecule has 1 aromatic heterocycles. The molecule has 11 heteroatoms. The van der Waals surface area contributed by atoms with Crippen molar-refractivity contribution in [3.05, 3.63) is 48.2 Å². The van der Waals surface area contributed by atoms with E-state index in [4.69, 9.17) is 13.9 Å². The number of thioether (sulfide) groups is 1. The van der Waals surface area contributed by atoms with Crippen LogP contribution >= 0.6 is 11.8 Å². The highest BCUT2D eigenvalue weighted by Gasteiger charge is 2.53. The highest BCUT2D eigenvalue weighted by Crippen LogP contribution is 2.41. The van der Waals surface area contributed by atoms with Gasteiger partial charge in [0.05, 0.1) is 13.2 Å². The minimum absolute atomic E-state index is 0.0449. The third-order valence-corrected chi connectivity index (χ3v) is 7.87. The fourth-order valence-corrected chi connectivity index (χ4v) is 5.11. The summed E-state index contributed by atoms with van der Waals surface area (Å²) in [5.74, 6) is -2.57. The van der Waals surface area contributed by atoms with Gasteiger partial charge in [-0.15, -0.1) is 11.8 Å². The molecule has 210 valence electrons. The molecule has 2 N–H and O–H groups in total. The largest absolute Gasteiger partial charge is 0.493 e. The lowest BCUT2D eigenvalue weighted by atomic mass is 9.78. The van der Waals surface area contributed by atoms with Crippen molar-refractivity contribution in [2.45, 2.75) is 55.5 Å². The van der Waals surface area contributed by atoms with Crippen LogP contribution in [0.4, 0.5) is 8.78 Å². The maximum atomic E-state index is 14.0. The number of alkyl halides is 2. The van der Waals surface area contributed by atoms with Crippen LogP contribution in [0.5, 0.6) is 11.5 Å². The van der Waals surface area contributed by atoms with Gasteiger partial charge in [-0.25, -0.2) is 8.78 Å². The molecule has 0 radical (unpaired) electrons. The first-order chi connectivity index (χ1) is 19.1. The Morgan fingerprint density at radius 2 is 1.70 bits per heavy atom. The molecule has 0 spiro atoms. The van der Waals surface area contributed by atoms with E-state index in [2.05, 4.69) is 16.7 Å². The number of benzene rings is 2. The topological polar surface area (TPSA) is 114 Å². The van der Waals surface area contributed by atoms with E-state index in [1.165, 1.54) is 0 Å². The number of nitriles is 1. The number of hydrogen-bond acceptors (Lipinski definition) is 7. The molecule has 3 aromatic rings. The summed E-state index contributed by atoms with van der Waals surface area (Å²) in [5, 5.41) is 15.4. The zero-order valence-corrected chi connectivity index (χ0v) is 23.0. The number of fused-ring (bicyclic) bond motifs is 1. The maximum Gasteiger partial charge on any atom is 0.287 e. The molecular formula is C29H29F2N3O5S. The molecule has 0 saturated heterocycles. The molecule has 8 nitrogen and oxygen atoms in total. The summed E-state index contributed by atoms with van der Waals surface area (Å²) in [6.07, 6.45) is 1.32. The van der Waals surface area contributed by atoms with Crippen LogP contribution in [-0.4, -0.2) is 48.1 Å². The lowest BCUT2D eigenvalue weighted by molar-refractivity contribution is -0.133. The Bertz CT molecular complexity index is 1480. The number of halogens is 2. The lowest BCUT2D eigenvalue weighted by Gasteiger charge is -2.39. The molecular weight excluding hydrogens is 540 g/mol. The van der Waals surface area contributed by atoms with Crippen molar-refractivity contribution in [1.82, 2.24) is 10.6 Å². The zero-order valence-electron chi connectivity index (χ0n) is 22.1. The summed E-state index contributed by atoms with van der Waals surface area (Å²) in [4.78, 5) is 26.5. The molecule has 2 aliphatic carbocycles. The number of furan rings is 1. The summed E-state index contributed by atoms with van der Waals surface area (Å²) in [5.41, 5.74) is -0.444. The minimum Gasteiger partial charge on any atom is -0.493 e. The molecule has 0 unspecified atom stereocenters. The third kappa shape index (κ3) is 5.59. The van der Waals surface area contributed by atoms with E-state index < -0.39 is 41.7 Å². The van der Waals surface area contributed by atoms with Gasteiger partial charge in [-0.2, -0.15) is 5.26 Å². The van der Waals surface area contributed by atoms with E-state index in [1.807, 2.05) is 36.6 Å². The summed E-state index contributed by atoms with van der Waals surface area (Å²) < 4.78 is 45.0. The van der Waals surface area contributed by atoms with E-state index in [0.717, 1.165) is 11.1 Å². The summed E-state index contributed by atoms with van der Waals surface area (Å²) in [6.45, 7) is 0. The highest BCUT2D eigenvalue weighted by atomic mass is 32.2. The molecule has 0 bridgehead atoms. The SMILES string of the molecule is COc1cc(-c2ccc3cc(C(=O)NC4(C(=O)NC5(C#N)CC5)CCC(F)(F)CC4)oc3c2)ccc1OCSC. The molecule has 2 fully saturated rings. The normalized spacial score (nSPS) is 18.4. The predicted molar refractivity (Wildman–Crippen MR) is 147 cm³/mol. The predicted octanol–water partition coefficient (Wildman–Crippen LogP) is 5.66. The molecule has 40 heavy (non-hydrogen) atoms. The number of carbonyl (C=O) groups excluding carboxylic acids is 2. The number of hydrogen-bond donors (Lipinski definition) is 2. The number of nitrogens with one attached hydrogen (secondary N) is 2. The van der Waals surface area contributed by atoms with E-state index >= 15 is 0 Å². The Labute approximate surface area is 234 Å². The van der Waals surface area contributed by atoms with Gasteiger partial charge >= 0.3 is 0 Å². The minimum atomic E-state index is -2.92. The van der Waals surface area contributed by atoms with Crippen molar-refractivity contribution in [1.29, 1.82) is 5.26 Å². The van der Waals surface area contributed by atoms with Crippen molar-refractivity contribution < 1.29 is 32.3 Å². The van der Waals surface area contributed by atoms with Gasteiger partial charge in [0.2, 0.25) is 11.8 Å². The van der Waals surface area contributed by atoms with Crippen LogP contribution in [0, 0.1) is 11.3 Å². The van der Waals surface area contributed by atoms with Crippen LogP contribution in [0.1, 0.15) is 49.1 Å². The van der Waals surface area contributed by atoms with E-state index in [9.17, 15) is 23.6 Å². The zero-order chi connectivity index (χ0) is 28.5. The van der Waals surface area contributed by atoms with Gasteiger partial charge < -0.3 is 24.5 Å². The van der Waals surface area contributed by atoms with Crippen molar-refractivity contribution in [3.8, 4) is 28.7 Å². The number of methoxy groups -OCH3 is 1. The average molecular weight is 570 g/mol. The summed E-state index contributed by atoms with van der Waals surface area (Å²) in [7, 11) is 1.57. The van der Waals surface area contributed by atoms with E-state index in [1.54, 1.807) is 31.0 Å². The first-order valence-corrected chi connectivity index (χ1v) is 14.3. The lowest BCUT2D eigenvalue weighted by Crippen LogP contribution is -2.62. The van der Waals surface area contributed by atoms with Gasteiger partial charge in [-0.1, -0.05) is 18.2 Å². The highest BCUT2D eigenvalue weighted by molar-refractivity contribution is 7.98. The maximum absolute atomic E-state index is 14.0. The number of rotatable bonds is 9. The molecule has 2 aromatic carbocycles. The Balaban J connectivity index is 1.38. The third-order valence-electron chi connectivity index (χ3n) is 7.51. The standard InChI is InChI=1S/C29H29F2N3O5S/c1-37-23-14-19(5-6-21(23)38-17-40-2)18-3-4-20-15-24(39-22(20)13-18)25(35)33-28(9-11-29(30,31)12-10-28)26(36)34-27(16-32)7-8-27/h3-6,13-15H,7-12,17H2,1-2H3,(H,33,35)(H,34,36). The Kier molecular flexibility index (Phi) is 7.40. The fraction of sp³-hybridized carbons (Fsp3) is 0.414. The number of amides is 2.